The number of rotatable bonds is 8. The Kier molecular flexibility index (Phi) is 6.95. The Bertz CT molecular complexity index is 1010. The minimum absolute atomic E-state index is 0.0165. The fourth-order valence-electron chi connectivity index (χ4n) is 2.92. The Labute approximate surface area is 174 Å². The van der Waals surface area contributed by atoms with E-state index in [1.807, 2.05) is 31.2 Å². The molecule has 1 amide bonds. The first-order valence-electron chi connectivity index (χ1n) is 9.65. The van der Waals surface area contributed by atoms with Gasteiger partial charge >= 0.3 is 5.97 Å². The van der Waals surface area contributed by atoms with Gasteiger partial charge in [0.1, 0.15) is 29.4 Å². The molecule has 30 heavy (non-hydrogen) atoms. The number of ether oxygens (including phenoxy) is 1. The maximum Gasteiger partial charge on any atom is 0.344 e. The molecule has 0 unspecified atom stereocenters. The third kappa shape index (κ3) is 5.53. The molecule has 0 saturated heterocycles. The van der Waals surface area contributed by atoms with Crippen LogP contribution in [0.2, 0.25) is 0 Å². The molecule has 0 radical (unpaired) electrons. The van der Waals surface area contributed by atoms with Crippen molar-refractivity contribution in [3.63, 3.8) is 0 Å². The van der Waals surface area contributed by atoms with E-state index in [2.05, 4.69) is 10.5 Å². The number of benzene rings is 2. The van der Waals surface area contributed by atoms with Gasteiger partial charge in [0.05, 0.1) is 6.54 Å². The molecule has 6 nitrogen and oxygen atoms in total. The Balaban J connectivity index is 1.47. The summed E-state index contributed by atoms with van der Waals surface area (Å²) in [6.07, 6.45) is 1.00. The maximum absolute atomic E-state index is 13.1. The van der Waals surface area contributed by atoms with Gasteiger partial charge in [-0.25, -0.2) is 9.18 Å². The molecular formula is C23H23FN2O4. The first kappa shape index (κ1) is 21.2. The van der Waals surface area contributed by atoms with Gasteiger partial charge < -0.3 is 14.6 Å². The molecule has 0 fully saturated rings. The van der Waals surface area contributed by atoms with Gasteiger partial charge in [0.25, 0.3) is 0 Å². The fourth-order valence-corrected chi connectivity index (χ4v) is 2.92. The quantitative estimate of drug-likeness (QED) is 0.448. The number of hydrogen-bond donors (Lipinski definition) is 1. The molecule has 156 valence electrons. The van der Waals surface area contributed by atoms with E-state index in [9.17, 15) is 14.0 Å². The molecule has 1 heterocycles. The van der Waals surface area contributed by atoms with Crippen molar-refractivity contribution in [2.24, 2.45) is 0 Å². The summed E-state index contributed by atoms with van der Waals surface area (Å²) in [4.78, 5) is 24.4. The zero-order valence-corrected chi connectivity index (χ0v) is 16.9. The average Bonchev–Trinajstić information content (AvgIpc) is 3.12. The molecule has 0 bridgehead atoms. The van der Waals surface area contributed by atoms with Crippen LogP contribution in [0.15, 0.2) is 53.1 Å². The van der Waals surface area contributed by atoms with E-state index in [4.69, 9.17) is 9.26 Å². The number of nitrogens with zero attached hydrogens (tertiary/aromatic N) is 1. The Morgan fingerprint density at radius 1 is 1.07 bits per heavy atom. The second-order valence-electron chi connectivity index (χ2n) is 6.94. The number of hydrogen-bond acceptors (Lipinski definition) is 5. The number of amides is 1. The highest BCUT2D eigenvalue weighted by Crippen LogP contribution is 2.26. The van der Waals surface area contributed by atoms with Crippen LogP contribution >= 0.6 is 0 Å². The van der Waals surface area contributed by atoms with Gasteiger partial charge in [-0.3, -0.25) is 4.79 Å². The van der Waals surface area contributed by atoms with E-state index in [1.54, 1.807) is 6.92 Å². The molecule has 1 aromatic heterocycles. The lowest BCUT2D eigenvalue weighted by molar-refractivity contribution is -0.121. The molecule has 3 aromatic rings. The standard InChI is InChI=1S/C23H23FN2O4/c1-15-3-5-17(6-4-15)7-12-20(27)25-13-14-29-23(28)21-16(2)30-26-22(21)18-8-10-19(24)11-9-18/h3-6,8-11H,7,12-14H2,1-2H3,(H,25,27). The van der Waals surface area contributed by atoms with Gasteiger partial charge in [0.15, 0.2) is 0 Å². The zero-order chi connectivity index (χ0) is 21.5. The largest absolute Gasteiger partial charge is 0.460 e. The topological polar surface area (TPSA) is 81.4 Å². The first-order chi connectivity index (χ1) is 14.4. The van der Waals surface area contributed by atoms with Crippen LogP contribution < -0.4 is 5.32 Å². The summed E-state index contributed by atoms with van der Waals surface area (Å²) >= 11 is 0. The van der Waals surface area contributed by atoms with E-state index in [0.29, 0.717) is 29.9 Å². The van der Waals surface area contributed by atoms with Crippen molar-refractivity contribution in [2.45, 2.75) is 26.7 Å². The molecule has 0 atom stereocenters. The highest BCUT2D eigenvalue weighted by atomic mass is 19.1. The molecule has 0 aliphatic carbocycles. The lowest BCUT2D eigenvalue weighted by atomic mass is 10.1. The lowest BCUT2D eigenvalue weighted by Gasteiger charge is -2.07. The highest BCUT2D eigenvalue weighted by molar-refractivity contribution is 5.97. The summed E-state index contributed by atoms with van der Waals surface area (Å²) in [6, 6.07) is 13.6. The van der Waals surface area contributed by atoms with E-state index in [-0.39, 0.29) is 30.4 Å². The van der Waals surface area contributed by atoms with Crippen molar-refractivity contribution in [1.29, 1.82) is 0 Å². The predicted octanol–water partition coefficient (Wildman–Crippen LogP) is 4.00. The van der Waals surface area contributed by atoms with E-state index < -0.39 is 5.97 Å². The summed E-state index contributed by atoms with van der Waals surface area (Å²) in [5.74, 6) is -0.801. The molecule has 1 N–H and O–H groups in total. The maximum atomic E-state index is 13.1. The molecule has 0 saturated carbocycles. The second-order valence-corrected chi connectivity index (χ2v) is 6.94. The number of nitrogens with one attached hydrogen (secondary N) is 1. The van der Waals surface area contributed by atoms with Crippen LogP contribution in [0.1, 0.15) is 33.7 Å². The smallest absolute Gasteiger partial charge is 0.344 e. The number of carbonyl (C=O) groups excluding carboxylic acids is 2. The third-order valence-electron chi connectivity index (χ3n) is 4.60. The molecular weight excluding hydrogens is 387 g/mol. The molecule has 0 spiro atoms. The third-order valence-corrected chi connectivity index (χ3v) is 4.60. The number of aryl methyl sites for hydroxylation is 3. The summed E-state index contributed by atoms with van der Waals surface area (Å²) in [5, 5.41) is 6.62. The predicted molar refractivity (Wildman–Crippen MR) is 109 cm³/mol. The van der Waals surface area contributed by atoms with E-state index >= 15 is 0 Å². The summed E-state index contributed by atoms with van der Waals surface area (Å²) < 4.78 is 23.5. The van der Waals surface area contributed by atoms with Gasteiger partial charge in [-0.2, -0.15) is 0 Å². The first-order valence-corrected chi connectivity index (χ1v) is 9.65. The van der Waals surface area contributed by atoms with Gasteiger partial charge in [-0.1, -0.05) is 35.0 Å². The number of esters is 1. The SMILES string of the molecule is Cc1ccc(CCC(=O)NCCOC(=O)c2c(-c3ccc(F)cc3)noc2C)cc1. The summed E-state index contributed by atoms with van der Waals surface area (Å²) in [5.41, 5.74) is 3.30. The van der Waals surface area contributed by atoms with E-state index in [0.717, 1.165) is 5.56 Å². The normalized spacial score (nSPS) is 10.6. The number of aromatic nitrogens is 1. The van der Waals surface area contributed by atoms with Crippen molar-refractivity contribution in [1.82, 2.24) is 10.5 Å². The van der Waals surface area contributed by atoms with Crippen molar-refractivity contribution in [2.75, 3.05) is 13.2 Å². The monoisotopic (exact) mass is 410 g/mol. The van der Waals surface area contributed by atoms with Crippen molar-refractivity contribution in [3.8, 4) is 11.3 Å². The zero-order valence-electron chi connectivity index (χ0n) is 16.9. The van der Waals surface area contributed by atoms with Gasteiger partial charge in [-0.05, 0) is 50.1 Å². The molecule has 3 rings (SSSR count). The highest BCUT2D eigenvalue weighted by Gasteiger charge is 2.23. The number of carbonyl (C=O) groups is 2. The van der Waals surface area contributed by atoms with Gasteiger partial charge in [-0.15, -0.1) is 0 Å². The average molecular weight is 410 g/mol. The van der Waals surface area contributed by atoms with Crippen LogP contribution in [0.4, 0.5) is 4.39 Å². The van der Waals surface area contributed by atoms with Crippen LogP contribution in [-0.4, -0.2) is 30.2 Å². The summed E-state index contributed by atoms with van der Waals surface area (Å²) in [7, 11) is 0. The number of halogens is 1. The molecule has 2 aromatic carbocycles. The van der Waals surface area contributed by atoms with Gasteiger partial charge in [0, 0.05) is 12.0 Å². The van der Waals surface area contributed by atoms with Crippen molar-refractivity contribution in [3.05, 3.63) is 76.8 Å². The second kappa shape index (κ2) is 9.82. The van der Waals surface area contributed by atoms with E-state index in [1.165, 1.54) is 29.8 Å². The molecule has 0 aliphatic heterocycles. The van der Waals surface area contributed by atoms with Gasteiger partial charge in [0.2, 0.25) is 5.91 Å². The van der Waals surface area contributed by atoms with Crippen molar-refractivity contribution >= 4 is 11.9 Å². The molecule has 7 heteroatoms. The minimum Gasteiger partial charge on any atom is -0.460 e. The summed E-state index contributed by atoms with van der Waals surface area (Å²) in [6.45, 7) is 3.84. The van der Waals surface area contributed by atoms with Crippen LogP contribution in [-0.2, 0) is 16.0 Å². The lowest BCUT2D eigenvalue weighted by Crippen LogP contribution is -2.28. The Morgan fingerprint density at radius 3 is 2.47 bits per heavy atom. The van der Waals surface area contributed by atoms with Crippen LogP contribution in [0.3, 0.4) is 0 Å². The molecule has 0 aliphatic rings. The minimum atomic E-state index is -0.609. The van der Waals surface area contributed by atoms with Crippen LogP contribution in [0.5, 0.6) is 0 Å². The van der Waals surface area contributed by atoms with Crippen molar-refractivity contribution < 1.29 is 23.2 Å². The van der Waals surface area contributed by atoms with Crippen LogP contribution in [0.25, 0.3) is 11.3 Å². The Hall–Kier alpha value is -3.48. The Morgan fingerprint density at radius 2 is 1.77 bits per heavy atom. The van der Waals surface area contributed by atoms with Crippen LogP contribution in [0, 0.1) is 19.7 Å². The fraction of sp³-hybridized carbons (Fsp3) is 0.261.